The molecule has 0 atom stereocenters. The summed E-state index contributed by atoms with van der Waals surface area (Å²) in [6.07, 6.45) is 0. The van der Waals surface area contributed by atoms with Crippen molar-refractivity contribution in [1.29, 1.82) is 0 Å². The second-order valence-corrected chi connectivity index (χ2v) is 4.67. The first-order valence-corrected chi connectivity index (χ1v) is 5.89. The largest absolute Gasteiger partial charge is 0.366 e. The summed E-state index contributed by atoms with van der Waals surface area (Å²) in [6, 6.07) is 7.32. The van der Waals surface area contributed by atoms with Gasteiger partial charge in [-0.15, -0.1) is 0 Å². The summed E-state index contributed by atoms with van der Waals surface area (Å²) in [5, 5.41) is 0.733. The van der Waals surface area contributed by atoms with Crippen LogP contribution in [0.4, 0.5) is 0 Å². The third-order valence-electron chi connectivity index (χ3n) is 3.07. The number of amides is 1. The van der Waals surface area contributed by atoms with E-state index in [0.29, 0.717) is 11.3 Å². The smallest absolute Gasteiger partial charge is 0.251 e. The van der Waals surface area contributed by atoms with Crippen molar-refractivity contribution >= 4 is 22.7 Å². The van der Waals surface area contributed by atoms with Gasteiger partial charge in [0.1, 0.15) is 0 Å². The molecule has 2 N–H and O–H groups in total. The minimum Gasteiger partial charge on any atom is -0.366 e. The summed E-state index contributed by atoms with van der Waals surface area (Å²) in [5.74, 6) is -0.671. The molecule has 0 aliphatic rings. The maximum absolute atomic E-state index is 12.2. The van der Waals surface area contributed by atoms with Crippen LogP contribution in [0.1, 0.15) is 34.7 Å². The average molecular weight is 244 g/mol. The highest BCUT2D eigenvalue weighted by molar-refractivity contribution is 6.10. The van der Waals surface area contributed by atoms with Crippen LogP contribution >= 0.6 is 0 Å². The minimum absolute atomic E-state index is 0.0313. The third kappa shape index (κ3) is 1.70. The van der Waals surface area contributed by atoms with Gasteiger partial charge in [-0.2, -0.15) is 0 Å². The van der Waals surface area contributed by atoms with E-state index in [1.807, 2.05) is 38.1 Å². The molecule has 1 heterocycles. The summed E-state index contributed by atoms with van der Waals surface area (Å²) in [6.45, 7) is 5.42. The van der Waals surface area contributed by atoms with Gasteiger partial charge in [-0.1, -0.05) is 32.0 Å². The summed E-state index contributed by atoms with van der Waals surface area (Å²) in [4.78, 5) is 23.8. The lowest BCUT2D eigenvalue weighted by Crippen LogP contribution is -2.19. The third-order valence-corrected chi connectivity index (χ3v) is 3.07. The zero-order valence-electron chi connectivity index (χ0n) is 10.7. The molecule has 0 aliphatic heterocycles. The number of hydrogen-bond acceptors (Lipinski definition) is 2. The molecule has 18 heavy (non-hydrogen) atoms. The van der Waals surface area contributed by atoms with Crippen molar-refractivity contribution in [3.05, 3.63) is 35.5 Å². The van der Waals surface area contributed by atoms with Gasteiger partial charge in [0.15, 0.2) is 0 Å². The average Bonchev–Trinajstić information content (AvgIpc) is 2.60. The maximum Gasteiger partial charge on any atom is 0.251 e. The minimum atomic E-state index is -0.501. The van der Waals surface area contributed by atoms with Crippen LogP contribution in [0, 0.1) is 12.8 Å². The Balaban J connectivity index is 2.86. The molecule has 1 aromatic heterocycles. The molecule has 94 valence electrons. The topological polar surface area (TPSA) is 65.1 Å². The number of carbonyl (C=O) groups excluding carboxylic acids is 2. The molecule has 0 radical (unpaired) electrons. The highest BCUT2D eigenvalue weighted by atomic mass is 16.2. The van der Waals surface area contributed by atoms with E-state index in [9.17, 15) is 9.59 Å². The molecule has 2 rings (SSSR count). The van der Waals surface area contributed by atoms with Crippen molar-refractivity contribution in [1.82, 2.24) is 4.57 Å². The van der Waals surface area contributed by atoms with Gasteiger partial charge in [0, 0.05) is 17.0 Å². The second-order valence-electron chi connectivity index (χ2n) is 4.67. The molecule has 0 unspecified atom stereocenters. The number of primary amides is 1. The number of benzene rings is 1. The highest BCUT2D eigenvalue weighted by Gasteiger charge is 2.22. The van der Waals surface area contributed by atoms with Crippen LogP contribution < -0.4 is 5.73 Å². The maximum atomic E-state index is 12.2. The monoisotopic (exact) mass is 244 g/mol. The highest BCUT2D eigenvalue weighted by Crippen LogP contribution is 2.26. The standard InChI is InChI=1S/C14H16N2O2/c1-8(2)14(18)16-9(3)12(13(15)17)10-6-4-5-7-11(10)16/h4-8H,1-3H3,(H2,15,17). The van der Waals surface area contributed by atoms with Crippen LogP contribution in [0.3, 0.4) is 0 Å². The van der Waals surface area contributed by atoms with Crippen molar-refractivity contribution in [2.75, 3.05) is 0 Å². The summed E-state index contributed by atoms with van der Waals surface area (Å²) >= 11 is 0. The predicted octanol–water partition coefficient (Wildman–Crippen LogP) is 2.34. The molecular formula is C14H16N2O2. The van der Waals surface area contributed by atoms with Gasteiger partial charge < -0.3 is 5.73 Å². The van der Waals surface area contributed by atoms with Crippen molar-refractivity contribution < 1.29 is 9.59 Å². The fourth-order valence-corrected chi connectivity index (χ4v) is 2.22. The Kier molecular flexibility index (Phi) is 2.95. The lowest BCUT2D eigenvalue weighted by atomic mass is 10.1. The molecule has 4 nitrogen and oxygen atoms in total. The van der Waals surface area contributed by atoms with Gasteiger partial charge in [-0.3, -0.25) is 14.2 Å². The van der Waals surface area contributed by atoms with Crippen molar-refractivity contribution in [3.63, 3.8) is 0 Å². The van der Waals surface area contributed by atoms with Crippen molar-refractivity contribution in [2.24, 2.45) is 11.7 Å². The van der Waals surface area contributed by atoms with Gasteiger partial charge in [0.25, 0.3) is 5.91 Å². The van der Waals surface area contributed by atoms with Crippen LogP contribution in [0.5, 0.6) is 0 Å². The van der Waals surface area contributed by atoms with E-state index in [2.05, 4.69) is 0 Å². The number of nitrogens with two attached hydrogens (primary N) is 1. The van der Waals surface area contributed by atoms with Crippen LogP contribution in [-0.4, -0.2) is 16.4 Å². The number of nitrogens with zero attached hydrogens (tertiary/aromatic N) is 1. The van der Waals surface area contributed by atoms with Crippen LogP contribution in [0.25, 0.3) is 10.9 Å². The Hall–Kier alpha value is -2.10. The number of aromatic nitrogens is 1. The van der Waals surface area contributed by atoms with Gasteiger partial charge in [0.2, 0.25) is 5.91 Å². The molecule has 1 aromatic carbocycles. The lowest BCUT2D eigenvalue weighted by molar-refractivity contribution is 0.0858. The first-order chi connectivity index (χ1) is 8.45. The fourth-order valence-electron chi connectivity index (χ4n) is 2.22. The van der Waals surface area contributed by atoms with E-state index >= 15 is 0 Å². The number of fused-ring (bicyclic) bond motifs is 1. The van der Waals surface area contributed by atoms with Crippen LogP contribution in [-0.2, 0) is 0 Å². The van der Waals surface area contributed by atoms with E-state index in [1.165, 1.54) is 0 Å². The lowest BCUT2D eigenvalue weighted by Gasteiger charge is -2.09. The van der Waals surface area contributed by atoms with E-state index in [4.69, 9.17) is 5.73 Å². The first kappa shape index (κ1) is 12.4. The van der Waals surface area contributed by atoms with E-state index in [0.717, 1.165) is 10.9 Å². The summed E-state index contributed by atoms with van der Waals surface area (Å²) in [7, 11) is 0. The second kappa shape index (κ2) is 4.29. The number of para-hydroxylation sites is 1. The van der Waals surface area contributed by atoms with E-state index in [1.54, 1.807) is 11.5 Å². The predicted molar refractivity (Wildman–Crippen MR) is 70.7 cm³/mol. The van der Waals surface area contributed by atoms with Crippen LogP contribution in [0.2, 0.25) is 0 Å². The molecule has 0 saturated carbocycles. The quantitative estimate of drug-likeness (QED) is 0.881. The van der Waals surface area contributed by atoms with Gasteiger partial charge >= 0.3 is 0 Å². The summed E-state index contributed by atoms with van der Waals surface area (Å²) in [5.41, 5.74) is 7.19. The Morgan fingerprint density at radius 1 is 1.22 bits per heavy atom. The van der Waals surface area contributed by atoms with Crippen molar-refractivity contribution in [3.8, 4) is 0 Å². The number of carbonyl (C=O) groups is 2. The Labute approximate surface area is 105 Å². The van der Waals surface area contributed by atoms with Gasteiger partial charge in [-0.05, 0) is 13.0 Å². The first-order valence-electron chi connectivity index (χ1n) is 5.89. The molecule has 0 spiro atoms. The Morgan fingerprint density at radius 3 is 2.39 bits per heavy atom. The molecule has 1 amide bonds. The molecule has 0 fully saturated rings. The molecular weight excluding hydrogens is 228 g/mol. The van der Waals surface area contributed by atoms with Crippen LogP contribution in [0.15, 0.2) is 24.3 Å². The normalized spacial score (nSPS) is 11.1. The zero-order chi connectivity index (χ0) is 13.4. The number of rotatable bonds is 2. The molecule has 0 aliphatic carbocycles. The van der Waals surface area contributed by atoms with Gasteiger partial charge in [0.05, 0.1) is 11.1 Å². The molecule has 0 saturated heterocycles. The van der Waals surface area contributed by atoms with E-state index < -0.39 is 5.91 Å². The zero-order valence-corrected chi connectivity index (χ0v) is 10.7. The summed E-state index contributed by atoms with van der Waals surface area (Å²) < 4.78 is 1.58. The SMILES string of the molecule is Cc1c(C(N)=O)c2ccccc2n1C(=O)C(C)C. The van der Waals surface area contributed by atoms with E-state index in [-0.39, 0.29) is 11.8 Å². The molecule has 0 bridgehead atoms. The number of hydrogen-bond donors (Lipinski definition) is 1. The Morgan fingerprint density at radius 2 is 1.83 bits per heavy atom. The fraction of sp³-hybridized carbons (Fsp3) is 0.286. The molecule has 4 heteroatoms. The van der Waals surface area contributed by atoms with Crippen molar-refractivity contribution in [2.45, 2.75) is 20.8 Å². The molecule has 2 aromatic rings. The Bertz CT molecular complexity index is 639. The van der Waals surface area contributed by atoms with Gasteiger partial charge in [-0.25, -0.2) is 0 Å².